The molecule has 6 heterocycles. The van der Waals surface area contributed by atoms with Crippen LogP contribution in [0.25, 0.3) is 22.2 Å². The van der Waals surface area contributed by atoms with Gasteiger partial charge in [-0.05, 0) is 98.0 Å². The lowest BCUT2D eigenvalue weighted by Crippen LogP contribution is -2.43. The molecule has 1 N–H and O–H groups in total. The van der Waals surface area contributed by atoms with E-state index in [0.29, 0.717) is 48.3 Å². The summed E-state index contributed by atoms with van der Waals surface area (Å²) < 4.78 is 109. The van der Waals surface area contributed by atoms with E-state index in [1.54, 1.807) is 62.9 Å². The number of rotatable bonds is 17. The highest BCUT2D eigenvalue weighted by molar-refractivity contribution is 6.36. The number of fused-ring (bicyclic) bond motifs is 1. The lowest BCUT2D eigenvalue weighted by molar-refractivity contribution is -0.137. The molecule has 3 aliphatic heterocycles. The third-order valence-corrected chi connectivity index (χ3v) is 14.7. The smallest absolute Gasteiger partial charge is 0.418 e. The fourth-order valence-electron chi connectivity index (χ4n) is 10.6. The summed E-state index contributed by atoms with van der Waals surface area (Å²) in [6.07, 6.45) is -1.24. The third kappa shape index (κ3) is 10.3. The van der Waals surface area contributed by atoms with Gasteiger partial charge in [0.05, 0.1) is 66.7 Å². The van der Waals surface area contributed by atoms with Crippen LogP contribution in [0.1, 0.15) is 65.7 Å². The molecule has 7 aromatic rings. The zero-order valence-electron chi connectivity index (χ0n) is 42.0. The molecule has 2 fully saturated rings. The Kier molecular flexibility index (Phi) is 14.5. The van der Waals surface area contributed by atoms with Gasteiger partial charge in [0, 0.05) is 45.0 Å². The number of alkyl halides is 4. The van der Waals surface area contributed by atoms with Gasteiger partial charge in [0.25, 0.3) is 0 Å². The van der Waals surface area contributed by atoms with Gasteiger partial charge in [-0.25, -0.2) is 18.7 Å². The summed E-state index contributed by atoms with van der Waals surface area (Å²) in [5.74, 6) is 1.31. The van der Waals surface area contributed by atoms with Gasteiger partial charge in [0.1, 0.15) is 65.3 Å². The van der Waals surface area contributed by atoms with E-state index in [1.807, 2.05) is 60.4 Å². The first kappa shape index (κ1) is 51.2. The first-order chi connectivity index (χ1) is 36.2. The fourth-order valence-corrected chi connectivity index (χ4v) is 10.9. The van der Waals surface area contributed by atoms with E-state index in [-0.39, 0.29) is 80.2 Å². The third-order valence-electron chi connectivity index (χ3n) is 14.3. The van der Waals surface area contributed by atoms with Crippen LogP contribution in [0.15, 0.2) is 91.3 Å². The molecule has 2 saturated heterocycles. The summed E-state index contributed by atoms with van der Waals surface area (Å²) in [4.78, 5) is 29.3. The molecule has 10 rings (SSSR count). The van der Waals surface area contributed by atoms with Crippen molar-refractivity contribution in [3.8, 4) is 40.3 Å². The molecule has 0 amide bonds. The first-order valence-corrected chi connectivity index (χ1v) is 25.0. The van der Waals surface area contributed by atoms with Gasteiger partial charge in [-0.3, -0.25) is 9.88 Å². The van der Waals surface area contributed by atoms with Gasteiger partial charge in [-0.2, -0.15) is 23.1 Å². The van der Waals surface area contributed by atoms with Crippen LogP contribution in [0, 0.1) is 12.7 Å². The zero-order chi connectivity index (χ0) is 52.6. The van der Waals surface area contributed by atoms with E-state index in [9.17, 15) is 0 Å². The Bertz CT molecular complexity index is 3140. The molecular formula is C55H55ClF5N9O5. The second-order valence-corrected chi connectivity index (χ2v) is 19.4. The Hall–Kier alpha value is -7.25. The second kappa shape index (κ2) is 21.2. The molecule has 0 saturated carbocycles. The van der Waals surface area contributed by atoms with E-state index in [0.717, 1.165) is 23.1 Å². The van der Waals surface area contributed by atoms with Gasteiger partial charge in [0.2, 0.25) is 0 Å². The molecule has 3 atom stereocenters. The largest absolute Gasteiger partial charge is 0.497 e. The van der Waals surface area contributed by atoms with Crippen LogP contribution in [0.2, 0.25) is 5.02 Å². The number of nitrogens with zero attached hydrogens (tertiary/aromatic N) is 8. The van der Waals surface area contributed by atoms with Crippen molar-refractivity contribution < 1.29 is 45.6 Å². The van der Waals surface area contributed by atoms with Crippen molar-refractivity contribution in [3.05, 3.63) is 136 Å². The summed E-state index contributed by atoms with van der Waals surface area (Å²) in [5.41, 5.74) is -0.859. The second-order valence-electron chi connectivity index (χ2n) is 19.0. The Morgan fingerprint density at radius 3 is 2.12 bits per heavy atom. The van der Waals surface area contributed by atoms with Crippen molar-refractivity contribution in [1.29, 1.82) is 0 Å². The molecule has 0 aliphatic carbocycles. The Balaban J connectivity index is 1.12. The average molecular weight is 1050 g/mol. The minimum Gasteiger partial charge on any atom is -0.497 e. The van der Waals surface area contributed by atoms with Crippen LogP contribution in [0.5, 0.6) is 29.0 Å². The normalized spacial score (nSPS) is 17.8. The van der Waals surface area contributed by atoms with E-state index in [2.05, 4.69) is 20.2 Å². The number of aryl methyl sites for hydroxylation is 1. The maximum Gasteiger partial charge on any atom is 0.418 e. The van der Waals surface area contributed by atoms with Gasteiger partial charge < -0.3 is 38.8 Å². The van der Waals surface area contributed by atoms with Crippen LogP contribution in [0.4, 0.5) is 39.4 Å². The summed E-state index contributed by atoms with van der Waals surface area (Å²) in [5, 5.41) is 2.93. The standard InChI is InChI=1S/C55H55ClF5N9O5/c1-32-25-41(68(28-35-9-15-39(72-4)16-10-35)29-36-11-17-40(73-5)18-12-36)65-48(44(32)55(59,60)61)42-45(56)50-43-49(46(42)58)66-53(75-31-54-19-6-22-69(54)30-37(57)26-54)67-52(43)70(23-24-74-50)33(2)47-51(63-21-20-62-47)64-27-34-7-13-38(71-3)14-8-34/h7-18,20-21,25,33,37H,6,19,22-24,26-31H2,1-5H3,(H,63,64)/t33-,37-,54+/m1/s1. The zero-order valence-corrected chi connectivity index (χ0v) is 42.7. The van der Waals surface area contributed by atoms with Crippen molar-refractivity contribution in [2.45, 2.75) is 76.7 Å². The van der Waals surface area contributed by atoms with E-state index >= 15 is 22.0 Å². The van der Waals surface area contributed by atoms with Gasteiger partial charge >= 0.3 is 12.2 Å². The molecule has 14 nitrogen and oxygen atoms in total. The number of benzene rings is 4. The molecule has 20 heteroatoms. The van der Waals surface area contributed by atoms with Crippen LogP contribution >= 0.6 is 11.6 Å². The Morgan fingerprint density at radius 1 is 0.867 bits per heavy atom. The van der Waals surface area contributed by atoms with E-state index in [4.69, 9.17) is 50.2 Å². The van der Waals surface area contributed by atoms with Crippen molar-refractivity contribution in [2.75, 3.05) is 69.3 Å². The monoisotopic (exact) mass is 1050 g/mol. The summed E-state index contributed by atoms with van der Waals surface area (Å²) in [6, 6.07) is 22.5. The molecule has 0 spiro atoms. The highest BCUT2D eigenvalue weighted by Gasteiger charge is 2.50. The summed E-state index contributed by atoms with van der Waals surface area (Å²) in [6.45, 7) is 4.94. The predicted octanol–water partition coefficient (Wildman–Crippen LogP) is 11.4. The molecule has 0 bridgehead atoms. The quantitative estimate of drug-likeness (QED) is 0.0868. The number of halogens is 6. The van der Waals surface area contributed by atoms with Gasteiger partial charge in [0.15, 0.2) is 11.6 Å². The summed E-state index contributed by atoms with van der Waals surface area (Å²) >= 11 is 7.28. The maximum atomic E-state index is 18.3. The van der Waals surface area contributed by atoms with Gasteiger partial charge in [-0.1, -0.05) is 48.0 Å². The first-order valence-electron chi connectivity index (χ1n) is 24.6. The number of nitrogens with one attached hydrogen (secondary N) is 1. The molecule has 4 aromatic carbocycles. The van der Waals surface area contributed by atoms with Crippen molar-refractivity contribution in [1.82, 2.24) is 29.8 Å². The lowest BCUT2D eigenvalue weighted by atomic mass is 9.95. The summed E-state index contributed by atoms with van der Waals surface area (Å²) in [7, 11) is 4.70. The average Bonchev–Trinajstić information content (AvgIpc) is 3.88. The fraction of sp³-hybridized carbons (Fsp3) is 0.364. The number of aromatic nitrogens is 5. The van der Waals surface area contributed by atoms with Gasteiger partial charge in [-0.15, -0.1) is 0 Å². The molecule has 392 valence electrons. The van der Waals surface area contributed by atoms with Crippen LogP contribution in [-0.2, 0) is 25.8 Å². The number of anilines is 3. The Morgan fingerprint density at radius 2 is 1.49 bits per heavy atom. The maximum absolute atomic E-state index is 18.3. The SMILES string of the molecule is COc1ccc(CNc2nccnc2[C@@H](C)N2CCOc3c(Cl)c(-c4nc(N(Cc5ccc(OC)cc5)Cc5ccc(OC)cc5)cc(C)c4C(F)(F)F)c(F)c4nc(OC[C@@]56CCCN5C[C@H](F)C6)nc2c34)cc1. The van der Waals surface area contributed by atoms with Crippen molar-refractivity contribution in [3.63, 3.8) is 0 Å². The lowest BCUT2D eigenvalue weighted by Gasteiger charge is -2.32. The van der Waals surface area contributed by atoms with E-state index in [1.165, 1.54) is 13.0 Å². The van der Waals surface area contributed by atoms with Crippen molar-refractivity contribution >= 4 is 40.0 Å². The number of methoxy groups -OCH3 is 3. The van der Waals surface area contributed by atoms with Crippen LogP contribution < -0.4 is 38.8 Å². The number of hydrogen-bond donors (Lipinski definition) is 1. The highest BCUT2D eigenvalue weighted by Crippen LogP contribution is 2.52. The molecule has 3 aromatic heterocycles. The molecule has 0 unspecified atom stereocenters. The Labute approximate surface area is 435 Å². The topological polar surface area (TPSA) is 132 Å². The minimum atomic E-state index is -5.03. The van der Waals surface area contributed by atoms with Crippen LogP contribution in [-0.4, -0.2) is 95.7 Å². The predicted molar refractivity (Wildman–Crippen MR) is 276 cm³/mol. The number of pyridine rings is 1. The molecule has 3 aliphatic rings. The molecule has 0 radical (unpaired) electrons. The van der Waals surface area contributed by atoms with Crippen LogP contribution in [0.3, 0.4) is 0 Å². The number of ether oxygens (including phenoxy) is 5. The van der Waals surface area contributed by atoms with E-state index < -0.39 is 57.1 Å². The molecule has 75 heavy (non-hydrogen) atoms. The van der Waals surface area contributed by atoms with Crippen molar-refractivity contribution in [2.24, 2.45) is 0 Å². The highest BCUT2D eigenvalue weighted by atomic mass is 35.5. The molecular weight excluding hydrogens is 997 g/mol. The minimum absolute atomic E-state index is 0.00185. The number of hydrogen-bond acceptors (Lipinski definition) is 14.